The number of carboxylic acid groups (broad SMARTS) is 1. The van der Waals surface area contributed by atoms with Gasteiger partial charge in [0, 0.05) is 19.3 Å². The van der Waals surface area contributed by atoms with Crippen molar-refractivity contribution in [3.05, 3.63) is 33.8 Å². The molecule has 0 spiro atoms. The average molecular weight is 263 g/mol. The van der Waals surface area contributed by atoms with E-state index >= 15 is 0 Å². The molecule has 0 aliphatic heterocycles. The first kappa shape index (κ1) is 12.6. The lowest BCUT2D eigenvalue weighted by Gasteiger charge is -2.00. The summed E-state index contributed by atoms with van der Waals surface area (Å²) in [4.78, 5) is 14.5. The molecule has 1 heterocycles. The van der Waals surface area contributed by atoms with Gasteiger partial charge in [0.2, 0.25) is 11.0 Å². The molecule has 0 aliphatic carbocycles. The van der Waals surface area contributed by atoms with Crippen LogP contribution in [0.2, 0.25) is 5.22 Å². The van der Waals surface area contributed by atoms with Crippen molar-refractivity contribution in [2.24, 2.45) is 10.7 Å². The van der Waals surface area contributed by atoms with Crippen LogP contribution in [0.4, 0.5) is 0 Å². The molecule has 3 N–H and O–H groups in total. The fourth-order valence-electron chi connectivity index (χ4n) is 1.07. The monoisotopic (exact) mass is 262 g/mol. The zero-order chi connectivity index (χ0) is 12.3. The summed E-state index contributed by atoms with van der Waals surface area (Å²) in [5.74, 6) is -1.51. The van der Waals surface area contributed by atoms with E-state index in [1.165, 1.54) is 13.1 Å². The minimum absolute atomic E-state index is 0.0991. The first-order chi connectivity index (χ1) is 7.51. The number of hydrogen-bond donors (Lipinski definition) is 2. The van der Waals surface area contributed by atoms with Gasteiger partial charge in [-0.3, -0.25) is 4.99 Å². The molecule has 1 aromatic rings. The van der Waals surface area contributed by atoms with Gasteiger partial charge < -0.3 is 15.3 Å². The average Bonchev–Trinajstić information content (AvgIpc) is 2.62. The summed E-state index contributed by atoms with van der Waals surface area (Å²) < 4.78 is 4.81. The first-order valence-corrected chi connectivity index (χ1v) is 4.84. The molecule has 16 heavy (non-hydrogen) atoms. The van der Waals surface area contributed by atoms with Gasteiger partial charge >= 0.3 is 5.97 Å². The normalized spacial score (nSPS) is 12.9. The van der Waals surface area contributed by atoms with Gasteiger partial charge in [0.25, 0.3) is 0 Å². The minimum Gasteiger partial charge on any atom is -0.475 e. The molecule has 0 radical (unpaired) electrons. The maximum absolute atomic E-state index is 10.7. The Labute approximate surface area is 101 Å². The third kappa shape index (κ3) is 2.37. The largest absolute Gasteiger partial charge is 0.475 e. The SMILES string of the molecule is CN=C(C(Cl)=CN)c1cc(C(=O)O)oc1Cl. The van der Waals surface area contributed by atoms with Gasteiger partial charge in [0.1, 0.15) is 0 Å². The number of allylic oxidation sites excluding steroid dienone is 1. The van der Waals surface area contributed by atoms with Gasteiger partial charge in [0.15, 0.2) is 0 Å². The van der Waals surface area contributed by atoms with Crippen LogP contribution in [-0.2, 0) is 0 Å². The van der Waals surface area contributed by atoms with Crippen molar-refractivity contribution in [3.8, 4) is 0 Å². The Morgan fingerprint density at radius 1 is 1.69 bits per heavy atom. The number of aromatic carboxylic acids is 1. The van der Waals surface area contributed by atoms with Crippen LogP contribution >= 0.6 is 23.2 Å². The molecule has 0 atom stereocenters. The number of carbonyl (C=O) groups is 1. The van der Waals surface area contributed by atoms with E-state index in [0.717, 1.165) is 6.20 Å². The molecule has 0 unspecified atom stereocenters. The van der Waals surface area contributed by atoms with Crippen molar-refractivity contribution in [1.29, 1.82) is 0 Å². The Bertz CT molecular complexity index is 477. The predicted octanol–water partition coefficient (Wildman–Crippen LogP) is 2.09. The second-order valence-electron chi connectivity index (χ2n) is 2.69. The third-order valence-corrected chi connectivity index (χ3v) is 2.33. The molecule has 7 heteroatoms. The highest BCUT2D eigenvalue weighted by Gasteiger charge is 2.19. The van der Waals surface area contributed by atoms with E-state index in [1.807, 2.05) is 0 Å². The molecule has 1 aromatic heterocycles. The summed E-state index contributed by atoms with van der Waals surface area (Å²) >= 11 is 11.5. The number of nitrogens with two attached hydrogens (primary N) is 1. The number of nitrogens with zero attached hydrogens (tertiary/aromatic N) is 1. The van der Waals surface area contributed by atoms with Gasteiger partial charge in [-0.15, -0.1) is 0 Å². The van der Waals surface area contributed by atoms with Crippen molar-refractivity contribution < 1.29 is 14.3 Å². The predicted molar refractivity (Wildman–Crippen MR) is 61.3 cm³/mol. The second-order valence-corrected chi connectivity index (χ2v) is 3.44. The van der Waals surface area contributed by atoms with Crippen molar-refractivity contribution in [1.82, 2.24) is 0 Å². The van der Waals surface area contributed by atoms with E-state index in [4.69, 9.17) is 38.5 Å². The summed E-state index contributed by atoms with van der Waals surface area (Å²) in [6.45, 7) is 0. The summed E-state index contributed by atoms with van der Waals surface area (Å²) in [6, 6.07) is 1.23. The summed E-state index contributed by atoms with van der Waals surface area (Å²) in [5.41, 5.74) is 5.79. The minimum atomic E-state index is -1.23. The van der Waals surface area contributed by atoms with Crippen LogP contribution in [0.25, 0.3) is 0 Å². The van der Waals surface area contributed by atoms with Crippen molar-refractivity contribution in [2.45, 2.75) is 0 Å². The maximum atomic E-state index is 10.7. The van der Waals surface area contributed by atoms with Crippen molar-refractivity contribution in [3.63, 3.8) is 0 Å². The second kappa shape index (κ2) is 5.05. The standard InChI is InChI=1S/C9H8Cl2N2O3/c1-13-7(5(10)3-12)4-2-6(9(14)15)16-8(4)11/h2-3H,12H2,1H3,(H,14,15). The van der Waals surface area contributed by atoms with E-state index in [2.05, 4.69) is 4.99 Å². The molecule has 0 fully saturated rings. The number of furan rings is 1. The van der Waals surface area contributed by atoms with Crippen LogP contribution in [0.1, 0.15) is 16.1 Å². The molecule has 0 aromatic carbocycles. The number of carboxylic acids is 1. The maximum Gasteiger partial charge on any atom is 0.371 e. The fourth-order valence-corrected chi connectivity index (χ4v) is 1.48. The van der Waals surface area contributed by atoms with Crippen LogP contribution in [0.5, 0.6) is 0 Å². The van der Waals surface area contributed by atoms with E-state index in [9.17, 15) is 4.79 Å². The molecular weight excluding hydrogens is 255 g/mol. The molecule has 86 valence electrons. The highest BCUT2D eigenvalue weighted by atomic mass is 35.5. The van der Waals surface area contributed by atoms with E-state index < -0.39 is 5.97 Å². The van der Waals surface area contributed by atoms with Crippen LogP contribution in [0.3, 0.4) is 0 Å². The highest BCUT2D eigenvalue weighted by Crippen LogP contribution is 2.25. The van der Waals surface area contributed by atoms with Crippen molar-refractivity contribution >= 4 is 34.9 Å². The molecule has 0 aliphatic rings. The summed E-state index contributed by atoms with van der Waals surface area (Å²) in [5, 5.41) is 8.76. The van der Waals surface area contributed by atoms with Crippen LogP contribution < -0.4 is 5.73 Å². The number of rotatable bonds is 3. The third-order valence-electron chi connectivity index (χ3n) is 1.75. The van der Waals surface area contributed by atoms with Crippen molar-refractivity contribution in [2.75, 3.05) is 7.05 Å². The number of aliphatic imine (C=N–C) groups is 1. The van der Waals surface area contributed by atoms with E-state index in [-0.39, 0.29) is 27.3 Å². The molecule has 0 bridgehead atoms. The Morgan fingerprint density at radius 3 is 2.69 bits per heavy atom. The smallest absolute Gasteiger partial charge is 0.371 e. The van der Waals surface area contributed by atoms with E-state index in [1.54, 1.807) is 0 Å². The van der Waals surface area contributed by atoms with E-state index in [0.29, 0.717) is 0 Å². The Morgan fingerprint density at radius 2 is 2.31 bits per heavy atom. The molecular formula is C9H8Cl2N2O3. The van der Waals surface area contributed by atoms with Crippen LogP contribution in [0.15, 0.2) is 26.7 Å². The number of hydrogen-bond acceptors (Lipinski definition) is 4. The zero-order valence-electron chi connectivity index (χ0n) is 8.20. The molecule has 0 amide bonds. The van der Waals surface area contributed by atoms with Crippen LogP contribution in [0, 0.1) is 0 Å². The highest BCUT2D eigenvalue weighted by molar-refractivity contribution is 6.48. The lowest BCUT2D eigenvalue weighted by Crippen LogP contribution is -2.02. The van der Waals surface area contributed by atoms with Gasteiger partial charge in [-0.05, 0) is 11.6 Å². The topological polar surface area (TPSA) is 88.8 Å². The lowest BCUT2D eigenvalue weighted by molar-refractivity contribution is 0.0662. The lowest BCUT2D eigenvalue weighted by atomic mass is 10.2. The Kier molecular flexibility index (Phi) is 3.98. The Balaban J connectivity index is 3.27. The van der Waals surface area contributed by atoms with Gasteiger partial charge in [-0.1, -0.05) is 11.6 Å². The van der Waals surface area contributed by atoms with Gasteiger partial charge in [-0.25, -0.2) is 4.79 Å². The molecule has 0 saturated heterocycles. The summed E-state index contributed by atoms with van der Waals surface area (Å²) in [7, 11) is 1.48. The summed E-state index contributed by atoms with van der Waals surface area (Å²) in [6.07, 6.45) is 1.13. The molecule has 1 rings (SSSR count). The molecule has 5 nitrogen and oxygen atoms in total. The van der Waals surface area contributed by atoms with Gasteiger partial charge in [-0.2, -0.15) is 0 Å². The van der Waals surface area contributed by atoms with Gasteiger partial charge in [0.05, 0.1) is 16.3 Å². The first-order valence-electron chi connectivity index (χ1n) is 4.08. The fraction of sp³-hybridized carbons (Fsp3) is 0.111. The molecule has 0 saturated carbocycles. The Hall–Kier alpha value is -1.46. The quantitative estimate of drug-likeness (QED) is 0.817. The zero-order valence-corrected chi connectivity index (χ0v) is 9.71. The number of halogens is 2. The van der Waals surface area contributed by atoms with Crippen LogP contribution in [-0.4, -0.2) is 23.8 Å².